The van der Waals surface area contributed by atoms with E-state index in [4.69, 9.17) is 10.5 Å². The molecule has 0 aromatic carbocycles. The van der Waals surface area contributed by atoms with Gasteiger partial charge in [-0.3, -0.25) is 0 Å². The number of thioether (sulfide) groups is 1. The molecule has 4 nitrogen and oxygen atoms in total. The van der Waals surface area contributed by atoms with Crippen LogP contribution in [0.4, 0.5) is 11.5 Å². The highest BCUT2D eigenvalue weighted by atomic mass is 32.2. The first-order valence-electron chi connectivity index (χ1n) is 5.81. The van der Waals surface area contributed by atoms with Crippen molar-refractivity contribution in [2.24, 2.45) is 0 Å². The summed E-state index contributed by atoms with van der Waals surface area (Å²) in [6.45, 7) is 0.902. The molecule has 0 saturated carbocycles. The second-order valence-electron chi connectivity index (χ2n) is 3.77. The maximum Gasteiger partial charge on any atom is 0.215 e. The summed E-state index contributed by atoms with van der Waals surface area (Å²) < 4.78 is 5.06. The molecular formula is C12H21N3OS. The largest absolute Gasteiger partial charge is 0.481 e. The average molecular weight is 255 g/mol. The molecule has 1 aromatic rings. The molecule has 0 amide bonds. The Hall–Kier alpha value is -1.10. The SMILES string of the molecule is COc1ccc(N)c(NCCCCCSC)n1. The van der Waals surface area contributed by atoms with Gasteiger partial charge in [0, 0.05) is 12.6 Å². The standard InChI is InChI=1S/C12H21N3OS/c1-16-11-7-6-10(13)12(15-11)14-8-4-3-5-9-17-2/h6-7H,3-5,8-9,13H2,1-2H3,(H,14,15). The number of nitrogens with one attached hydrogen (secondary N) is 1. The van der Waals surface area contributed by atoms with Crippen molar-refractivity contribution in [3.8, 4) is 5.88 Å². The van der Waals surface area contributed by atoms with Crippen LogP contribution in [0.25, 0.3) is 0 Å². The van der Waals surface area contributed by atoms with E-state index < -0.39 is 0 Å². The molecule has 0 unspecified atom stereocenters. The lowest BCUT2D eigenvalue weighted by molar-refractivity contribution is 0.398. The van der Waals surface area contributed by atoms with Gasteiger partial charge in [-0.2, -0.15) is 16.7 Å². The van der Waals surface area contributed by atoms with Gasteiger partial charge in [-0.25, -0.2) is 0 Å². The first-order chi connectivity index (χ1) is 8.27. The molecule has 0 aliphatic carbocycles. The Labute approximate surface area is 107 Å². The summed E-state index contributed by atoms with van der Waals surface area (Å²) in [5.41, 5.74) is 6.48. The highest BCUT2D eigenvalue weighted by Crippen LogP contribution is 2.19. The van der Waals surface area contributed by atoms with E-state index in [9.17, 15) is 0 Å². The quantitative estimate of drug-likeness (QED) is 0.699. The van der Waals surface area contributed by atoms with Crippen LogP contribution in [0.2, 0.25) is 0 Å². The van der Waals surface area contributed by atoms with Gasteiger partial charge in [0.05, 0.1) is 12.8 Å². The number of unbranched alkanes of at least 4 members (excludes halogenated alkanes) is 2. The molecule has 17 heavy (non-hydrogen) atoms. The molecule has 0 spiro atoms. The van der Waals surface area contributed by atoms with Crippen molar-refractivity contribution in [1.82, 2.24) is 4.98 Å². The fraction of sp³-hybridized carbons (Fsp3) is 0.583. The summed E-state index contributed by atoms with van der Waals surface area (Å²) in [6.07, 6.45) is 5.78. The van der Waals surface area contributed by atoms with Gasteiger partial charge < -0.3 is 15.8 Å². The van der Waals surface area contributed by atoms with E-state index >= 15 is 0 Å². The molecule has 0 bridgehead atoms. The predicted octanol–water partition coefficient (Wildman–Crippen LogP) is 2.62. The van der Waals surface area contributed by atoms with Crippen LogP contribution in [0.5, 0.6) is 5.88 Å². The highest BCUT2D eigenvalue weighted by Gasteiger charge is 2.02. The minimum Gasteiger partial charge on any atom is -0.481 e. The third-order valence-electron chi connectivity index (χ3n) is 2.43. The molecule has 0 aliphatic heterocycles. The molecule has 0 radical (unpaired) electrons. The average Bonchev–Trinajstić information content (AvgIpc) is 2.35. The van der Waals surface area contributed by atoms with Crippen molar-refractivity contribution in [2.45, 2.75) is 19.3 Å². The van der Waals surface area contributed by atoms with Gasteiger partial charge in [-0.05, 0) is 30.9 Å². The number of nitrogens with zero attached hydrogens (tertiary/aromatic N) is 1. The number of hydrogen-bond acceptors (Lipinski definition) is 5. The van der Waals surface area contributed by atoms with Crippen molar-refractivity contribution < 1.29 is 4.74 Å². The summed E-state index contributed by atoms with van der Waals surface area (Å²) in [5.74, 6) is 2.54. The molecule has 5 heteroatoms. The first kappa shape index (κ1) is 14.0. The maximum absolute atomic E-state index is 5.82. The van der Waals surface area contributed by atoms with Crippen LogP contribution in [-0.2, 0) is 0 Å². The minimum absolute atomic E-state index is 0.587. The Morgan fingerprint density at radius 3 is 2.88 bits per heavy atom. The number of hydrogen-bond donors (Lipinski definition) is 2. The van der Waals surface area contributed by atoms with Crippen molar-refractivity contribution in [2.75, 3.05) is 36.7 Å². The number of nitrogens with two attached hydrogens (primary N) is 1. The van der Waals surface area contributed by atoms with E-state index in [0.717, 1.165) is 13.0 Å². The second kappa shape index (κ2) is 8.06. The van der Waals surface area contributed by atoms with Crippen LogP contribution in [0.15, 0.2) is 12.1 Å². The van der Waals surface area contributed by atoms with Crippen LogP contribution < -0.4 is 15.8 Å². The summed E-state index contributed by atoms with van der Waals surface area (Å²) in [5, 5.41) is 3.24. The molecule has 0 fully saturated rings. The van der Waals surface area contributed by atoms with Gasteiger partial charge in [0.1, 0.15) is 0 Å². The van der Waals surface area contributed by atoms with E-state index in [1.54, 1.807) is 13.2 Å². The zero-order valence-corrected chi connectivity index (χ0v) is 11.3. The fourth-order valence-electron chi connectivity index (χ4n) is 1.46. The minimum atomic E-state index is 0.587. The van der Waals surface area contributed by atoms with E-state index in [0.29, 0.717) is 17.4 Å². The third-order valence-corrected chi connectivity index (χ3v) is 3.12. The smallest absolute Gasteiger partial charge is 0.215 e. The summed E-state index contributed by atoms with van der Waals surface area (Å²) in [4.78, 5) is 4.26. The van der Waals surface area contributed by atoms with Crippen molar-refractivity contribution in [3.05, 3.63) is 12.1 Å². The fourth-order valence-corrected chi connectivity index (χ4v) is 1.96. The van der Waals surface area contributed by atoms with Crippen LogP contribution in [-0.4, -0.2) is 30.6 Å². The topological polar surface area (TPSA) is 60.2 Å². The molecule has 3 N–H and O–H groups in total. The lowest BCUT2D eigenvalue weighted by Crippen LogP contribution is -2.06. The Kier molecular flexibility index (Phi) is 6.62. The van der Waals surface area contributed by atoms with E-state index in [1.807, 2.05) is 17.8 Å². The van der Waals surface area contributed by atoms with Gasteiger partial charge in [0.25, 0.3) is 0 Å². The highest BCUT2D eigenvalue weighted by molar-refractivity contribution is 7.98. The number of anilines is 2. The Balaban J connectivity index is 2.30. The van der Waals surface area contributed by atoms with Crippen LogP contribution in [0.1, 0.15) is 19.3 Å². The zero-order chi connectivity index (χ0) is 12.5. The molecule has 0 aliphatic rings. The Morgan fingerprint density at radius 1 is 1.35 bits per heavy atom. The zero-order valence-electron chi connectivity index (χ0n) is 10.5. The van der Waals surface area contributed by atoms with Crippen LogP contribution in [0.3, 0.4) is 0 Å². The lowest BCUT2D eigenvalue weighted by Gasteiger charge is -2.09. The van der Waals surface area contributed by atoms with Gasteiger partial charge in [-0.1, -0.05) is 6.42 Å². The number of pyridine rings is 1. The van der Waals surface area contributed by atoms with Crippen molar-refractivity contribution in [1.29, 1.82) is 0 Å². The van der Waals surface area contributed by atoms with E-state index in [-0.39, 0.29) is 0 Å². The van der Waals surface area contributed by atoms with Gasteiger partial charge in [0.2, 0.25) is 5.88 Å². The molecule has 1 aromatic heterocycles. The number of ether oxygens (including phenoxy) is 1. The second-order valence-corrected chi connectivity index (χ2v) is 4.76. The van der Waals surface area contributed by atoms with Crippen LogP contribution in [0, 0.1) is 0 Å². The third kappa shape index (κ3) is 5.17. The molecule has 96 valence electrons. The predicted molar refractivity (Wildman–Crippen MR) is 75.9 cm³/mol. The van der Waals surface area contributed by atoms with Gasteiger partial charge in [0.15, 0.2) is 5.82 Å². The summed E-state index contributed by atoms with van der Waals surface area (Å²) in [6, 6.07) is 3.57. The first-order valence-corrected chi connectivity index (χ1v) is 7.20. The molecule has 0 atom stereocenters. The van der Waals surface area contributed by atoms with E-state index in [1.165, 1.54) is 18.6 Å². The summed E-state index contributed by atoms with van der Waals surface area (Å²) in [7, 11) is 1.60. The summed E-state index contributed by atoms with van der Waals surface area (Å²) >= 11 is 1.89. The number of rotatable bonds is 8. The Bertz CT molecular complexity index is 334. The van der Waals surface area contributed by atoms with Crippen molar-refractivity contribution >= 4 is 23.3 Å². The molecule has 0 saturated heterocycles. The van der Waals surface area contributed by atoms with Gasteiger partial charge >= 0.3 is 0 Å². The van der Waals surface area contributed by atoms with Crippen molar-refractivity contribution in [3.63, 3.8) is 0 Å². The molecular weight excluding hydrogens is 234 g/mol. The number of nitrogen functional groups attached to an aromatic ring is 1. The lowest BCUT2D eigenvalue weighted by atomic mass is 10.2. The molecule has 1 heterocycles. The number of aromatic nitrogens is 1. The Morgan fingerprint density at radius 2 is 2.18 bits per heavy atom. The monoisotopic (exact) mass is 255 g/mol. The van der Waals surface area contributed by atoms with E-state index in [2.05, 4.69) is 16.6 Å². The maximum atomic E-state index is 5.82. The normalized spacial score (nSPS) is 10.2. The van der Waals surface area contributed by atoms with Gasteiger partial charge in [-0.15, -0.1) is 0 Å². The van der Waals surface area contributed by atoms with Crippen LogP contribution >= 0.6 is 11.8 Å². The molecule has 1 rings (SSSR count). The number of methoxy groups -OCH3 is 1.